The van der Waals surface area contributed by atoms with Gasteiger partial charge in [-0.3, -0.25) is 4.79 Å². The Balaban J connectivity index is 1.60. The van der Waals surface area contributed by atoms with Gasteiger partial charge in [0.1, 0.15) is 6.61 Å². The Morgan fingerprint density at radius 3 is 2.46 bits per heavy atom. The fraction of sp³-hybridized carbons (Fsp3) is 0.148. The van der Waals surface area contributed by atoms with Crippen molar-refractivity contribution in [1.82, 2.24) is 0 Å². The molecule has 0 saturated carbocycles. The number of carboxylic acids is 1. The first-order chi connectivity index (χ1) is 16.9. The van der Waals surface area contributed by atoms with Crippen LogP contribution in [0.15, 0.2) is 77.4 Å². The maximum Gasteiger partial charge on any atom is 0.335 e. The highest BCUT2D eigenvalue weighted by atomic mass is 35.5. The molecule has 178 valence electrons. The zero-order valence-electron chi connectivity index (χ0n) is 19.2. The van der Waals surface area contributed by atoms with E-state index in [1.165, 1.54) is 17.1 Å². The Morgan fingerprint density at radius 1 is 1.09 bits per heavy atom. The predicted molar refractivity (Wildman–Crippen MR) is 135 cm³/mol. The van der Waals surface area contributed by atoms with Crippen LogP contribution in [0.2, 0.25) is 5.02 Å². The maximum atomic E-state index is 13.1. The van der Waals surface area contributed by atoms with E-state index in [1.54, 1.807) is 37.3 Å². The van der Waals surface area contributed by atoms with E-state index in [9.17, 15) is 9.59 Å². The molecule has 1 aliphatic rings. The SMILES string of the molecule is CCOc1cc(/C=C2/C(=O)N(c3ccc(C(=O)O)cc3)N=C2C)cc(Cl)c1OCc1ccccc1. The second-order valence-corrected chi connectivity index (χ2v) is 8.16. The van der Waals surface area contributed by atoms with Crippen LogP contribution in [0, 0.1) is 0 Å². The molecule has 0 spiro atoms. The number of carbonyl (C=O) groups is 2. The molecule has 0 fully saturated rings. The summed E-state index contributed by atoms with van der Waals surface area (Å²) in [5.41, 5.74) is 3.17. The van der Waals surface area contributed by atoms with Crippen molar-refractivity contribution in [3.05, 3.63) is 94.0 Å². The maximum absolute atomic E-state index is 13.1. The molecule has 3 aromatic rings. The Bertz CT molecular complexity index is 1320. The summed E-state index contributed by atoms with van der Waals surface area (Å²) in [4.78, 5) is 24.2. The fourth-order valence-electron chi connectivity index (χ4n) is 3.58. The lowest BCUT2D eigenvalue weighted by molar-refractivity contribution is -0.114. The van der Waals surface area contributed by atoms with Crippen molar-refractivity contribution in [2.24, 2.45) is 5.10 Å². The lowest BCUT2D eigenvalue weighted by Crippen LogP contribution is -2.21. The summed E-state index contributed by atoms with van der Waals surface area (Å²) in [6.45, 7) is 4.35. The number of hydrogen-bond donors (Lipinski definition) is 1. The van der Waals surface area contributed by atoms with Gasteiger partial charge in [0.05, 0.1) is 34.2 Å². The Hall–Kier alpha value is -4.10. The molecule has 1 N–H and O–H groups in total. The normalized spacial score (nSPS) is 14.3. The molecule has 3 aromatic carbocycles. The molecule has 7 nitrogen and oxygen atoms in total. The van der Waals surface area contributed by atoms with Crippen molar-refractivity contribution in [2.75, 3.05) is 11.6 Å². The van der Waals surface area contributed by atoms with Crippen molar-refractivity contribution in [3.63, 3.8) is 0 Å². The third kappa shape index (κ3) is 5.36. The molecule has 4 rings (SSSR count). The lowest BCUT2D eigenvalue weighted by atomic mass is 10.1. The van der Waals surface area contributed by atoms with Crippen LogP contribution in [0.25, 0.3) is 6.08 Å². The minimum absolute atomic E-state index is 0.129. The average Bonchev–Trinajstić information content (AvgIpc) is 3.13. The highest BCUT2D eigenvalue weighted by Gasteiger charge is 2.29. The van der Waals surface area contributed by atoms with E-state index in [-0.39, 0.29) is 11.5 Å². The number of hydrazone groups is 1. The number of carboxylic acid groups (broad SMARTS) is 1. The lowest BCUT2D eigenvalue weighted by Gasteiger charge is -2.15. The minimum Gasteiger partial charge on any atom is -0.490 e. The number of hydrogen-bond acceptors (Lipinski definition) is 5. The monoisotopic (exact) mass is 490 g/mol. The van der Waals surface area contributed by atoms with Gasteiger partial charge >= 0.3 is 5.97 Å². The number of rotatable bonds is 8. The number of halogens is 1. The van der Waals surface area contributed by atoms with E-state index in [2.05, 4.69) is 5.10 Å². The topological polar surface area (TPSA) is 88.4 Å². The fourth-order valence-corrected chi connectivity index (χ4v) is 3.85. The molecule has 0 saturated heterocycles. The summed E-state index contributed by atoms with van der Waals surface area (Å²) in [6, 6.07) is 19.2. The van der Waals surface area contributed by atoms with Crippen molar-refractivity contribution >= 4 is 41.0 Å². The number of ether oxygens (including phenoxy) is 2. The standard InChI is InChI=1S/C27H23ClN2O5/c1-3-34-24-15-19(14-23(28)25(24)35-16-18-7-5-4-6-8-18)13-22-17(2)29-30(26(22)31)21-11-9-20(10-12-21)27(32)33/h4-15H,3,16H2,1-2H3,(H,32,33)/b22-13+. The second kappa shape index (κ2) is 10.4. The van der Waals surface area contributed by atoms with Crippen LogP contribution in [0.4, 0.5) is 5.69 Å². The molecule has 0 atom stereocenters. The summed E-state index contributed by atoms with van der Waals surface area (Å²) in [5, 5.41) is 15.0. The van der Waals surface area contributed by atoms with E-state index in [0.717, 1.165) is 5.56 Å². The van der Waals surface area contributed by atoms with E-state index in [1.807, 2.05) is 37.3 Å². The molecule has 0 radical (unpaired) electrons. The predicted octanol–water partition coefficient (Wildman–Crippen LogP) is 5.82. The van der Waals surface area contributed by atoms with Crippen molar-refractivity contribution in [3.8, 4) is 11.5 Å². The summed E-state index contributed by atoms with van der Waals surface area (Å²) in [5.74, 6) is -0.460. The Kier molecular flexibility index (Phi) is 7.17. The molecule has 1 amide bonds. The van der Waals surface area contributed by atoms with Gasteiger partial charge in [-0.15, -0.1) is 0 Å². The third-order valence-corrected chi connectivity index (χ3v) is 5.57. The van der Waals surface area contributed by atoms with Gasteiger partial charge < -0.3 is 14.6 Å². The van der Waals surface area contributed by atoms with Crippen molar-refractivity contribution < 1.29 is 24.2 Å². The summed E-state index contributed by atoms with van der Waals surface area (Å²) in [6.07, 6.45) is 1.70. The highest BCUT2D eigenvalue weighted by Crippen LogP contribution is 2.38. The molecule has 0 unspecified atom stereocenters. The van der Waals surface area contributed by atoms with Gasteiger partial charge in [0.15, 0.2) is 11.5 Å². The van der Waals surface area contributed by atoms with Gasteiger partial charge in [-0.1, -0.05) is 41.9 Å². The van der Waals surface area contributed by atoms with Gasteiger partial charge in [0, 0.05) is 0 Å². The van der Waals surface area contributed by atoms with E-state index >= 15 is 0 Å². The first kappa shape index (κ1) is 24.0. The molecule has 8 heteroatoms. The average molecular weight is 491 g/mol. The Labute approximate surface area is 207 Å². The van der Waals surface area contributed by atoms with E-state index < -0.39 is 5.97 Å². The zero-order chi connectivity index (χ0) is 24.9. The number of nitrogens with zero attached hydrogens (tertiary/aromatic N) is 2. The Morgan fingerprint density at radius 2 is 1.80 bits per heavy atom. The summed E-state index contributed by atoms with van der Waals surface area (Å²) in [7, 11) is 0. The molecule has 0 aliphatic carbocycles. The number of amides is 1. The van der Waals surface area contributed by atoms with Crippen LogP contribution < -0.4 is 14.5 Å². The summed E-state index contributed by atoms with van der Waals surface area (Å²) < 4.78 is 11.7. The first-order valence-corrected chi connectivity index (χ1v) is 11.3. The van der Waals surface area contributed by atoms with Crippen molar-refractivity contribution in [1.29, 1.82) is 0 Å². The largest absolute Gasteiger partial charge is 0.490 e. The van der Waals surface area contributed by atoms with Gasteiger partial charge in [-0.05, 0) is 67.4 Å². The summed E-state index contributed by atoms with van der Waals surface area (Å²) >= 11 is 6.55. The number of carbonyl (C=O) groups excluding carboxylic acids is 1. The van der Waals surface area contributed by atoms with Crippen LogP contribution in [0.1, 0.15) is 35.3 Å². The van der Waals surface area contributed by atoms with Crippen LogP contribution in [0.3, 0.4) is 0 Å². The van der Waals surface area contributed by atoms with Crippen molar-refractivity contribution in [2.45, 2.75) is 20.5 Å². The van der Waals surface area contributed by atoms with E-state index in [4.69, 9.17) is 26.2 Å². The number of aromatic carboxylic acids is 1. The van der Waals surface area contributed by atoms with Crippen LogP contribution in [-0.4, -0.2) is 29.3 Å². The van der Waals surface area contributed by atoms with Gasteiger partial charge in [0.2, 0.25) is 0 Å². The molecular weight excluding hydrogens is 468 g/mol. The molecule has 1 heterocycles. The first-order valence-electron chi connectivity index (χ1n) is 11.0. The minimum atomic E-state index is -1.04. The molecular formula is C27H23ClN2O5. The van der Waals surface area contributed by atoms with Crippen LogP contribution >= 0.6 is 11.6 Å². The van der Waals surface area contributed by atoms with Gasteiger partial charge in [-0.25, -0.2) is 4.79 Å². The third-order valence-electron chi connectivity index (χ3n) is 5.29. The molecule has 0 bridgehead atoms. The van der Waals surface area contributed by atoms with Gasteiger partial charge in [-0.2, -0.15) is 10.1 Å². The quantitative estimate of drug-likeness (QED) is 0.402. The number of anilines is 1. The second-order valence-electron chi connectivity index (χ2n) is 7.75. The van der Waals surface area contributed by atoms with Gasteiger partial charge in [0.25, 0.3) is 5.91 Å². The van der Waals surface area contributed by atoms with Crippen LogP contribution in [-0.2, 0) is 11.4 Å². The highest BCUT2D eigenvalue weighted by molar-refractivity contribution is 6.33. The zero-order valence-corrected chi connectivity index (χ0v) is 20.0. The molecule has 35 heavy (non-hydrogen) atoms. The van der Waals surface area contributed by atoms with E-state index in [0.29, 0.717) is 52.3 Å². The smallest absolute Gasteiger partial charge is 0.335 e. The van der Waals surface area contributed by atoms with Crippen LogP contribution in [0.5, 0.6) is 11.5 Å². The molecule has 1 aliphatic heterocycles. The molecule has 0 aromatic heterocycles. The number of benzene rings is 3.